The van der Waals surface area contributed by atoms with Gasteiger partial charge in [-0.05, 0) is 6.08 Å². The lowest BCUT2D eigenvalue weighted by Crippen LogP contribution is -2.25. The van der Waals surface area contributed by atoms with Crippen molar-refractivity contribution < 1.29 is 16.8 Å². The Labute approximate surface area is 81.5 Å². The van der Waals surface area contributed by atoms with Crippen molar-refractivity contribution in [1.82, 2.24) is 0 Å². The summed E-state index contributed by atoms with van der Waals surface area (Å²) in [5.74, 6) is 0. The van der Waals surface area contributed by atoms with Crippen LogP contribution in [0.4, 0.5) is 0 Å². The van der Waals surface area contributed by atoms with Gasteiger partial charge in [0, 0.05) is 10.7 Å². The zero-order chi connectivity index (χ0) is 10.1. The molecule has 0 aromatic carbocycles. The van der Waals surface area contributed by atoms with E-state index in [-0.39, 0.29) is 4.86 Å². The standard InChI is InChI=1S/C6H5ClO4S2/c7-13(10,11)6-4-2-1-3-5(6)12(8)9/h1-4,6H. The molecule has 0 aliphatic heterocycles. The Morgan fingerprint density at radius 2 is 1.92 bits per heavy atom. The molecule has 13 heavy (non-hydrogen) atoms. The number of allylic oxidation sites excluding steroid dienone is 3. The lowest BCUT2D eigenvalue weighted by atomic mass is 10.2. The molecule has 1 unspecified atom stereocenters. The van der Waals surface area contributed by atoms with Gasteiger partial charge in [0.05, 0.1) is 4.86 Å². The molecule has 0 aromatic rings. The van der Waals surface area contributed by atoms with Gasteiger partial charge in [-0.3, -0.25) is 0 Å². The van der Waals surface area contributed by atoms with E-state index in [9.17, 15) is 16.8 Å². The van der Waals surface area contributed by atoms with E-state index in [2.05, 4.69) is 0 Å². The second-order valence-corrected chi connectivity index (χ2v) is 5.97. The SMILES string of the molecule is O=S(=O)=C1C=CC=CC1S(=O)(=O)Cl. The first kappa shape index (κ1) is 10.5. The van der Waals surface area contributed by atoms with Gasteiger partial charge in [-0.15, -0.1) is 0 Å². The number of hydrogen-bond acceptors (Lipinski definition) is 4. The molecular weight excluding hydrogens is 236 g/mol. The predicted molar refractivity (Wildman–Crippen MR) is 50.8 cm³/mol. The fraction of sp³-hybridized carbons (Fsp3) is 0.167. The molecule has 0 saturated carbocycles. The van der Waals surface area contributed by atoms with Crippen LogP contribution in [0.1, 0.15) is 0 Å². The Hall–Kier alpha value is -0.590. The topological polar surface area (TPSA) is 68.3 Å². The third kappa shape index (κ3) is 2.43. The van der Waals surface area contributed by atoms with Crippen LogP contribution in [0.25, 0.3) is 0 Å². The summed E-state index contributed by atoms with van der Waals surface area (Å²) in [4.78, 5) is -0.238. The highest BCUT2D eigenvalue weighted by molar-refractivity contribution is 8.15. The average Bonchev–Trinajstić information content (AvgIpc) is 2.03. The lowest BCUT2D eigenvalue weighted by molar-refractivity contribution is 0.608. The number of halogens is 1. The van der Waals surface area contributed by atoms with Crippen LogP contribution >= 0.6 is 10.7 Å². The molecule has 0 aromatic heterocycles. The molecule has 0 amide bonds. The third-order valence-electron chi connectivity index (χ3n) is 1.43. The molecule has 0 radical (unpaired) electrons. The fourth-order valence-electron chi connectivity index (χ4n) is 0.888. The van der Waals surface area contributed by atoms with Gasteiger partial charge in [0.15, 0.2) is 0 Å². The summed E-state index contributed by atoms with van der Waals surface area (Å²) in [5, 5.41) is -1.27. The zero-order valence-corrected chi connectivity index (χ0v) is 8.60. The molecule has 1 rings (SSSR count). The molecule has 1 atom stereocenters. The van der Waals surface area contributed by atoms with Gasteiger partial charge >= 0.3 is 0 Å². The van der Waals surface area contributed by atoms with Crippen LogP contribution in [-0.4, -0.2) is 27.0 Å². The van der Waals surface area contributed by atoms with Gasteiger partial charge in [0.1, 0.15) is 5.25 Å². The maximum Gasteiger partial charge on any atom is 0.244 e. The van der Waals surface area contributed by atoms with E-state index in [1.165, 1.54) is 24.3 Å². The quantitative estimate of drug-likeness (QED) is 0.482. The third-order valence-corrected chi connectivity index (χ3v) is 3.95. The van der Waals surface area contributed by atoms with Crippen LogP contribution in [0, 0.1) is 0 Å². The number of rotatable bonds is 1. The smallest absolute Gasteiger partial charge is 0.211 e. The molecule has 1 aliphatic carbocycles. The molecule has 7 heteroatoms. The average molecular weight is 241 g/mol. The highest BCUT2D eigenvalue weighted by Gasteiger charge is 2.26. The highest BCUT2D eigenvalue weighted by Crippen LogP contribution is 2.14. The van der Waals surface area contributed by atoms with E-state index < -0.39 is 24.6 Å². The second-order valence-electron chi connectivity index (χ2n) is 2.28. The summed E-state index contributed by atoms with van der Waals surface area (Å²) in [5.41, 5.74) is 0. The van der Waals surface area contributed by atoms with Crippen LogP contribution < -0.4 is 0 Å². The largest absolute Gasteiger partial charge is 0.244 e. The van der Waals surface area contributed by atoms with Crippen molar-refractivity contribution in [2.24, 2.45) is 0 Å². The Balaban J connectivity index is 3.36. The molecule has 0 spiro atoms. The van der Waals surface area contributed by atoms with E-state index >= 15 is 0 Å². The Morgan fingerprint density at radius 3 is 2.31 bits per heavy atom. The van der Waals surface area contributed by atoms with Crippen molar-refractivity contribution in [3.63, 3.8) is 0 Å². The first-order chi connectivity index (χ1) is 5.93. The molecule has 72 valence electrons. The van der Waals surface area contributed by atoms with Crippen molar-refractivity contribution in [2.75, 3.05) is 0 Å². The van der Waals surface area contributed by atoms with Gasteiger partial charge in [-0.25, -0.2) is 8.42 Å². The zero-order valence-electron chi connectivity index (χ0n) is 6.21. The van der Waals surface area contributed by atoms with Gasteiger partial charge in [0.25, 0.3) is 0 Å². The van der Waals surface area contributed by atoms with Crippen molar-refractivity contribution in [3.05, 3.63) is 24.3 Å². The van der Waals surface area contributed by atoms with Gasteiger partial charge < -0.3 is 0 Å². The molecule has 4 nitrogen and oxygen atoms in total. The minimum Gasteiger partial charge on any atom is -0.211 e. The monoisotopic (exact) mass is 240 g/mol. The summed E-state index contributed by atoms with van der Waals surface area (Å²) < 4.78 is 42.9. The van der Waals surface area contributed by atoms with Crippen molar-refractivity contribution in [2.45, 2.75) is 5.25 Å². The van der Waals surface area contributed by atoms with Crippen LogP contribution in [0.2, 0.25) is 0 Å². The molecule has 0 bridgehead atoms. The van der Waals surface area contributed by atoms with E-state index in [4.69, 9.17) is 10.7 Å². The summed E-state index contributed by atoms with van der Waals surface area (Å²) in [6, 6.07) is 0. The summed E-state index contributed by atoms with van der Waals surface area (Å²) in [6.07, 6.45) is 5.28. The maximum atomic E-state index is 10.9. The first-order valence-corrected chi connectivity index (χ1v) is 6.62. The van der Waals surface area contributed by atoms with Gasteiger partial charge in [-0.1, -0.05) is 18.2 Å². The summed E-state index contributed by atoms with van der Waals surface area (Å²) >= 11 is 0. The molecule has 0 heterocycles. The van der Waals surface area contributed by atoms with E-state index in [0.29, 0.717) is 0 Å². The van der Waals surface area contributed by atoms with Gasteiger partial charge in [0.2, 0.25) is 19.3 Å². The van der Waals surface area contributed by atoms with Crippen LogP contribution in [0.15, 0.2) is 24.3 Å². The highest BCUT2D eigenvalue weighted by atomic mass is 35.7. The molecule has 0 fully saturated rings. The van der Waals surface area contributed by atoms with E-state index in [1.54, 1.807) is 0 Å². The molecule has 0 saturated heterocycles. The number of hydrogen-bond donors (Lipinski definition) is 0. The lowest BCUT2D eigenvalue weighted by Gasteiger charge is -2.08. The minimum atomic E-state index is -3.92. The molecular formula is C6H5ClO4S2. The van der Waals surface area contributed by atoms with E-state index in [1.807, 2.05) is 0 Å². The van der Waals surface area contributed by atoms with Crippen LogP contribution in [-0.2, 0) is 19.3 Å². The van der Waals surface area contributed by atoms with Crippen molar-refractivity contribution in [3.8, 4) is 0 Å². The normalized spacial score (nSPS) is 21.9. The van der Waals surface area contributed by atoms with Crippen molar-refractivity contribution >= 4 is 34.9 Å². The fourth-order valence-corrected chi connectivity index (χ4v) is 3.22. The Bertz CT molecular complexity index is 487. The minimum absolute atomic E-state index is 0.238. The van der Waals surface area contributed by atoms with Crippen molar-refractivity contribution in [1.29, 1.82) is 0 Å². The molecule has 0 N–H and O–H groups in total. The summed E-state index contributed by atoms with van der Waals surface area (Å²) in [7, 11) is -1.44. The predicted octanol–water partition coefficient (Wildman–Crippen LogP) is 0.101. The van der Waals surface area contributed by atoms with Crippen LogP contribution in [0.5, 0.6) is 0 Å². The second kappa shape index (κ2) is 3.65. The van der Waals surface area contributed by atoms with E-state index in [0.717, 1.165) is 0 Å². The molecule has 1 aliphatic rings. The summed E-state index contributed by atoms with van der Waals surface area (Å²) in [6.45, 7) is 0. The Morgan fingerprint density at radius 1 is 1.31 bits per heavy atom. The van der Waals surface area contributed by atoms with Gasteiger partial charge in [-0.2, -0.15) is 8.42 Å². The Kier molecular flexibility index (Phi) is 2.94. The first-order valence-electron chi connectivity index (χ1n) is 3.17. The van der Waals surface area contributed by atoms with Crippen LogP contribution in [0.3, 0.4) is 0 Å². The maximum absolute atomic E-state index is 10.9.